The van der Waals surface area contributed by atoms with Gasteiger partial charge in [0.15, 0.2) is 5.65 Å². The molecule has 0 saturated heterocycles. The molecule has 0 unspecified atom stereocenters. The van der Waals surface area contributed by atoms with Gasteiger partial charge in [-0.25, -0.2) is 9.97 Å². The molecule has 0 radical (unpaired) electrons. The number of anilines is 1. The maximum atomic E-state index is 6.07. The maximum absolute atomic E-state index is 6.07. The predicted molar refractivity (Wildman–Crippen MR) is 85.2 cm³/mol. The Morgan fingerprint density at radius 1 is 1.15 bits per heavy atom. The van der Waals surface area contributed by atoms with Gasteiger partial charge in [0, 0.05) is 15.9 Å². The first-order valence-electron chi connectivity index (χ1n) is 6.36. The van der Waals surface area contributed by atoms with Gasteiger partial charge in [0.05, 0.1) is 5.39 Å². The molecule has 2 heterocycles. The third-order valence-electron chi connectivity index (χ3n) is 3.56. The van der Waals surface area contributed by atoms with Crippen molar-refractivity contribution in [1.29, 1.82) is 0 Å². The molecule has 0 spiro atoms. The molecule has 102 valence electrons. The van der Waals surface area contributed by atoms with Crippen LogP contribution < -0.4 is 5.73 Å². The monoisotopic (exact) mass is 330 g/mol. The fourth-order valence-electron chi connectivity index (χ4n) is 2.54. The molecule has 0 aliphatic carbocycles. The first-order chi connectivity index (χ1) is 9.49. The zero-order chi connectivity index (χ0) is 14.4. The lowest BCUT2D eigenvalue weighted by Gasteiger charge is -2.08. The highest BCUT2D eigenvalue weighted by molar-refractivity contribution is 9.10. The lowest BCUT2D eigenvalue weighted by Crippen LogP contribution is -2.01. The Morgan fingerprint density at radius 3 is 2.60 bits per heavy atom. The van der Waals surface area contributed by atoms with E-state index < -0.39 is 0 Å². The molecule has 2 N–H and O–H groups in total. The Hall–Kier alpha value is -1.88. The van der Waals surface area contributed by atoms with E-state index in [1.807, 2.05) is 19.1 Å². The maximum Gasteiger partial charge on any atom is 0.150 e. The van der Waals surface area contributed by atoms with Crippen molar-refractivity contribution in [3.05, 3.63) is 45.8 Å². The third kappa shape index (κ3) is 1.89. The molecule has 0 atom stereocenters. The van der Waals surface area contributed by atoms with Gasteiger partial charge in [0.25, 0.3) is 0 Å². The highest BCUT2D eigenvalue weighted by Gasteiger charge is 2.17. The minimum atomic E-state index is 0.543. The van der Waals surface area contributed by atoms with Gasteiger partial charge >= 0.3 is 0 Å². The van der Waals surface area contributed by atoms with Gasteiger partial charge in [-0.15, -0.1) is 0 Å². The molecule has 5 heteroatoms. The summed E-state index contributed by atoms with van der Waals surface area (Å²) in [4.78, 5) is 8.85. The van der Waals surface area contributed by atoms with Crippen LogP contribution in [0.3, 0.4) is 0 Å². The highest BCUT2D eigenvalue weighted by atomic mass is 79.9. The van der Waals surface area contributed by atoms with Crippen LogP contribution >= 0.6 is 15.9 Å². The molecule has 0 fully saturated rings. The van der Waals surface area contributed by atoms with Crippen LogP contribution in [0.15, 0.2) is 28.7 Å². The average Bonchev–Trinajstić information content (AvgIpc) is 2.61. The molecule has 1 aromatic carbocycles. The quantitative estimate of drug-likeness (QED) is 0.740. The number of rotatable bonds is 1. The van der Waals surface area contributed by atoms with Gasteiger partial charge < -0.3 is 5.73 Å². The normalized spacial score (nSPS) is 11.2. The van der Waals surface area contributed by atoms with Crippen LogP contribution in [-0.4, -0.2) is 14.5 Å². The second kappa shape index (κ2) is 4.59. The zero-order valence-electron chi connectivity index (χ0n) is 11.6. The van der Waals surface area contributed by atoms with Crippen molar-refractivity contribution in [2.75, 3.05) is 5.73 Å². The van der Waals surface area contributed by atoms with E-state index in [0.29, 0.717) is 11.6 Å². The summed E-state index contributed by atoms with van der Waals surface area (Å²) in [5, 5.41) is 0.938. The number of hydrogen-bond acceptors (Lipinski definition) is 3. The smallest absolute Gasteiger partial charge is 0.150 e. The molecule has 0 aliphatic heterocycles. The number of benzene rings is 1. The van der Waals surface area contributed by atoms with E-state index in [4.69, 9.17) is 5.73 Å². The second-order valence-electron chi connectivity index (χ2n) is 4.88. The molecule has 0 aliphatic rings. The number of fused-ring (bicyclic) bond motifs is 1. The van der Waals surface area contributed by atoms with Crippen LogP contribution in [-0.2, 0) is 0 Å². The standard InChI is InChI=1S/C15H15BrN4/c1-8-9(2)20(12-6-4-5-11(16)7-12)15-13(8)14(17)18-10(3)19-15/h4-7H,1-3H3,(H2,17,18,19). The molecule has 0 amide bonds. The van der Waals surface area contributed by atoms with Crippen molar-refractivity contribution in [3.63, 3.8) is 0 Å². The highest BCUT2D eigenvalue weighted by Crippen LogP contribution is 2.31. The molecular weight excluding hydrogens is 316 g/mol. The van der Waals surface area contributed by atoms with Crippen LogP contribution in [0, 0.1) is 20.8 Å². The molecule has 4 nitrogen and oxygen atoms in total. The largest absolute Gasteiger partial charge is 0.383 e. The lowest BCUT2D eigenvalue weighted by atomic mass is 10.2. The molecular formula is C15H15BrN4. The predicted octanol–water partition coefficient (Wildman–Crippen LogP) is 3.69. The number of hydrogen-bond donors (Lipinski definition) is 1. The Morgan fingerprint density at radius 2 is 1.90 bits per heavy atom. The number of aryl methyl sites for hydroxylation is 2. The number of nitrogens with two attached hydrogens (primary N) is 1. The number of halogens is 1. The van der Waals surface area contributed by atoms with Crippen molar-refractivity contribution in [3.8, 4) is 5.69 Å². The minimum absolute atomic E-state index is 0.543. The van der Waals surface area contributed by atoms with E-state index >= 15 is 0 Å². The topological polar surface area (TPSA) is 56.7 Å². The third-order valence-corrected chi connectivity index (χ3v) is 4.05. The summed E-state index contributed by atoms with van der Waals surface area (Å²) in [5.41, 5.74) is 10.3. The van der Waals surface area contributed by atoms with Crippen LogP contribution in [0.1, 0.15) is 17.1 Å². The molecule has 0 saturated carbocycles. The van der Waals surface area contributed by atoms with E-state index in [1.165, 1.54) is 0 Å². The SMILES string of the molecule is Cc1nc(N)c2c(C)c(C)n(-c3cccc(Br)c3)c2n1. The van der Waals surface area contributed by atoms with Gasteiger partial charge in [-0.05, 0) is 44.5 Å². The van der Waals surface area contributed by atoms with Crippen molar-refractivity contribution in [1.82, 2.24) is 14.5 Å². The van der Waals surface area contributed by atoms with Gasteiger partial charge in [0.1, 0.15) is 11.6 Å². The Balaban J connectivity index is 2.44. The minimum Gasteiger partial charge on any atom is -0.383 e. The fraction of sp³-hybridized carbons (Fsp3) is 0.200. The van der Waals surface area contributed by atoms with Crippen molar-refractivity contribution in [2.45, 2.75) is 20.8 Å². The molecule has 3 aromatic rings. The Kier molecular flexibility index (Phi) is 3.01. The van der Waals surface area contributed by atoms with Gasteiger partial charge in [-0.3, -0.25) is 4.57 Å². The van der Waals surface area contributed by atoms with Crippen LogP contribution in [0.2, 0.25) is 0 Å². The van der Waals surface area contributed by atoms with E-state index in [1.54, 1.807) is 0 Å². The van der Waals surface area contributed by atoms with Crippen molar-refractivity contribution >= 4 is 32.8 Å². The Labute approximate surface area is 125 Å². The van der Waals surface area contributed by atoms with Gasteiger partial charge in [-0.1, -0.05) is 22.0 Å². The summed E-state index contributed by atoms with van der Waals surface area (Å²) < 4.78 is 3.16. The zero-order valence-corrected chi connectivity index (χ0v) is 13.2. The summed E-state index contributed by atoms with van der Waals surface area (Å²) >= 11 is 3.51. The van der Waals surface area contributed by atoms with E-state index in [-0.39, 0.29) is 0 Å². The van der Waals surface area contributed by atoms with Crippen molar-refractivity contribution < 1.29 is 0 Å². The van der Waals surface area contributed by atoms with Crippen molar-refractivity contribution in [2.24, 2.45) is 0 Å². The van der Waals surface area contributed by atoms with E-state index in [0.717, 1.165) is 32.5 Å². The average molecular weight is 331 g/mol. The first kappa shape index (κ1) is 13.1. The van der Waals surface area contributed by atoms with Gasteiger partial charge in [0.2, 0.25) is 0 Å². The van der Waals surface area contributed by atoms with Crippen LogP contribution in [0.4, 0.5) is 5.82 Å². The lowest BCUT2D eigenvalue weighted by molar-refractivity contribution is 0.995. The number of nitrogens with zero attached hydrogens (tertiary/aromatic N) is 3. The van der Waals surface area contributed by atoms with Crippen LogP contribution in [0.5, 0.6) is 0 Å². The molecule has 0 bridgehead atoms. The number of nitrogen functional groups attached to an aromatic ring is 1. The number of aromatic nitrogens is 3. The summed E-state index contributed by atoms with van der Waals surface area (Å²) in [5.74, 6) is 1.23. The molecule has 20 heavy (non-hydrogen) atoms. The van der Waals surface area contributed by atoms with Crippen LogP contribution in [0.25, 0.3) is 16.7 Å². The summed E-state index contributed by atoms with van der Waals surface area (Å²) in [6, 6.07) is 8.15. The molecule has 2 aromatic heterocycles. The summed E-state index contributed by atoms with van der Waals surface area (Å²) in [7, 11) is 0. The first-order valence-corrected chi connectivity index (χ1v) is 7.16. The van der Waals surface area contributed by atoms with Gasteiger partial charge in [-0.2, -0.15) is 0 Å². The second-order valence-corrected chi connectivity index (χ2v) is 5.80. The summed E-state index contributed by atoms with van der Waals surface area (Å²) in [6.07, 6.45) is 0. The Bertz CT molecular complexity index is 820. The van der Waals surface area contributed by atoms with E-state index in [9.17, 15) is 0 Å². The molecule has 3 rings (SSSR count). The fourth-order valence-corrected chi connectivity index (χ4v) is 2.93. The van der Waals surface area contributed by atoms with E-state index in [2.05, 4.69) is 56.4 Å². The summed E-state index contributed by atoms with van der Waals surface area (Å²) in [6.45, 7) is 5.99.